The summed E-state index contributed by atoms with van der Waals surface area (Å²) in [7, 11) is 1.87. The lowest BCUT2D eigenvalue weighted by Crippen LogP contribution is -2.46. The van der Waals surface area contributed by atoms with E-state index in [-0.39, 0.29) is 31.0 Å². The number of rotatable bonds is 3. The monoisotopic (exact) mass is 340 g/mol. The van der Waals surface area contributed by atoms with Crippen LogP contribution in [-0.2, 0) is 16.6 Å². The lowest BCUT2D eigenvalue weighted by Gasteiger charge is -2.31. The number of anilines is 1. The van der Waals surface area contributed by atoms with Gasteiger partial charge in [-0.2, -0.15) is 5.10 Å². The normalized spacial score (nSPS) is 19.7. The Balaban J connectivity index is 1.54. The number of likely N-dealkylation sites (tertiary alicyclic amines) is 1. The lowest BCUT2D eigenvalue weighted by atomic mass is 10.1. The van der Waals surface area contributed by atoms with E-state index in [2.05, 4.69) is 5.10 Å². The number of benzene rings is 1. The van der Waals surface area contributed by atoms with Gasteiger partial charge in [-0.1, -0.05) is 12.1 Å². The van der Waals surface area contributed by atoms with E-state index in [1.807, 2.05) is 48.6 Å². The predicted octanol–water partition coefficient (Wildman–Crippen LogP) is 1.51. The second kappa shape index (κ2) is 6.23. The van der Waals surface area contributed by atoms with Gasteiger partial charge in [0.2, 0.25) is 5.91 Å². The number of hydrogen-bond acceptors (Lipinski definition) is 4. The van der Waals surface area contributed by atoms with Crippen LogP contribution in [0.4, 0.5) is 5.69 Å². The molecule has 0 radical (unpaired) electrons. The summed E-state index contributed by atoms with van der Waals surface area (Å²) in [5.41, 5.74) is 1.70. The molecule has 1 fully saturated rings. The van der Waals surface area contributed by atoms with E-state index in [0.717, 1.165) is 18.4 Å². The molecule has 1 aromatic heterocycles. The maximum atomic E-state index is 12.9. The highest BCUT2D eigenvalue weighted by Crippen LogP contribution is 2.34. The Hall–Kier alpha value is -2.83. The van der Waals surface area contributed by atoms with Crippen LogP contribution < -0.4 is 9.64 Å². The standard InChI is InChI=1S/C18H20N4O3/c1-20-10-13(9-19-20)14-6-4-8-21(14)17(23)11-22-15-5-2-3-7-16(15)25-12-18(22)24/h2-3,5,7,9-10,14H,4,6,8,11-12H2,1H3/t14-/m1/s1. The van der Waals surface area contributed by atoms with Crippen LogP contribution in [0.5, 0.6) is 5.75 Å². The van der Waals surface area contributed by atoms with Gasteiger partial charge >= 0.3 is 0 Å². The van der Waals surface area contributed by atoms with Gasteiger partial charge in [-0.05, 0) is 25.0 Å². The fourth-order valence-corrected chi connectivity index (χ4v) is 3.58. The lowest BCUT2D eigenvalue weighted by molar-refractivity contribution is -0.132. The first-order valence-corrected chi connectivity index (χ1v) is 8.43. The first-order chi connectivity index (χ1) is 12.1. The van der Waals surface area contributed by atoms with Gasteiger partial charge < -0.3 is 9.64 Å². The Morgan fingerprint density at radius 1 is 1.36 bits per heavy atom. The zero-order chi connectivity index (χ0) is 17.4. The van der Waals surface area contributed by atoms with Crippen molar-refractivity contribution in [2.75, 3.05) is 24.6 Å². The van der Waals surface area contributed by atoms with Crippen LogP contribution in [0.2, 0.25) is 0 Å². The number of aromatic nitrogens is 2. The summed E-state index contributed by atoms with van der Waals surface area (Å²) < 4.78 is 7.19. The second-order valence-corrected chi connectivity index (χ2v) is 6.43. The Morgan fingerprint density at radius 3 is 3.00 bits per heavy atom. The van der Waals surface area contributed by atoms with Crippen LogP contribution in [0, 0.1) is 0 Å². The minimum atomic E-state index is -0.191. The molecule has 0 aliphatic carbocycles. The zero-order valence-corrected chi connectivity index (χ0v) is 14.1. The molecule has 7 nitrogen and oxygen atoms in total. The van der Waals surface area contributed by atoms with Crippen molar-refractivity contribution in [3.8, 4) is 5.75 Å². The number of aryl methyl sites for hydroxylation is 1. The largest absolute Gasteiger partial charge is 0.482 e. The topological polar surface area (TPSA) is 67.7 Å². The van der Waals surface area contributed by atoms with E-state index in [1.54, 1.807) is 4.68 Å². The van der Waals surface area contributed by atoms with E-state index < -0.39 is 0 Å². The average Bonchev–Trinajstić information content (AvgIpc) is 3.26. The van der Waals surface area contributed by atoms with Gasteiger partial charge in [-0.15, -0.1) is 0 Å². The summed E-state index contributed by atoms with van der Waals surface area (Å²) in [6, 6.07) is 7.35. The molecule has 4 rings (SSSR count). The fraction of sp³-hybridized carbons (Fsp3) is 0.389. The van der Waals surface area contributed by atoms with E-state index in [0.29, 0.717) is 18.0 Å². The van der Waals surface area contributed by atoms with Crippen molar-refractivity contribution in [3.05, 3.63) is 42.2 Å². The van der Waals surface area contributed by atoms with Crippen molar-refractivity contribution in [1.82, 2.24) is 14.7 Å². The smallest absolute Gasteiger partial charge is 0.265 e. The number of nitrogens with zero attached hydrogens (tertiary/aromatic N) is 4. The van der Waals surface area contributed by atoms with Crippen LogP contribution in [0.15, 0.2) is 36.7 Å². The van der Waals surface area contributed by atoms with Gasteiger partial charge in [0.25, 0.3) is 5.91 Å². The molecule has 1 aromatic carbocycles. The highest BCUT2D eigenvalue weighted by atomic mass is 16.5. The Kier molecular flexibility index (Phi) is 3.91. The first kappa shape index (κ1) is 15.7. The molecular weight excluding hydrogens is 320 g/mol. The molecule has 2 amide bonds. The summed E-state index contributed by atoms with van der Waals surface area (Å²) in [5, 5.41) is 4.21. The molecule has 130 valence electrons. The highest BCUT2D eigenvalue weighted by Gasteiger charge is 2.34. The zero-order valence-electron chi connectivity index (χ0n) is 14.1. The fourth-order valence-electron chi connectivity index (χ4n) is 3.58. The maximum absolute atomic E-state index is 12.9. The average molecular weight is 340 g/mol. The molecule has 0 bridgehead atoms. The predicted molar refractivity (Wildman–Crippen MR) is 91.2 cm³/mol. The quantitative estimate of drug-likeness (QED) is 0.849. The molecule has 25 heavy (non-hydrogen) atoms. The Morgan fingerprint density at radius 2 is 2.20 bits per heavy atom. The van der Waals surface area contributed by atoms with Gasteiger partial charge in [0.15, 0.2) is 6.61 Å². The van der Waals surface area contributed by atoms with Crippen LogP contribution >= 0.6 is 0 Å². The van der Waals surface area contributed by atoms with Crippen LogP contribution in [0.25, 0.3) is 0 Å². The summed E-state index contributed by atoms with van der Waals surface area (Å²) in [6.07, 6.45) is 5.64. The highest BCUT2D eigenvalue weighted by molar-refractivity contribution is 6.02. The minimum absolute atomic E-state index is 0.0314. The molecule has 0 saturated carbocycles. The first-order valence-electron chi connectivity index (χ1n) is 8.43. The van der Waals surface area contributed by atoms with Crippen molar-refractivity contribution < 1.29 is 14.3 Å². The Bertz CT molecular complexity index is 816. The third-order valence-corrected chi connectivity index (χ3v) is 4.78. The van der Waals surface area contributed by atoms with E-state index in [1.165, 1.54) is 4.90 Å². The number of para-hydroxylation sites is 2. The Labute approximate surface area is 145 Å². The van der Waals surface area contributed by atoms with Crippen molar-refractivity contribution in [3.63, 3.8) is 0 Å². The van der Waals surface area contributed by atoms with Crippen LogP contribution in [0.1, 0.15) is 24.4 Å². The van der Waals surface area contributed by atoms with Gasteiger partial charge in [0.1, 0.15) is 12.3 Å². The van der Waals surface area contributed by atoms with Gasteiger partial charge in [0.05, 0.1) is 17.9 Å². The minimum Gasteiger partial charge on any atom is -0.482 e. The maximum Gasteiger partial charge on any atom is 0.265 e. The molecule has 1 atom stereocenters. The summed E-state index contributed by atoms with van der Waals surface area (Å²) in [6.45, 7) is 0.713. The van der Waals surface area contributed by atoms with Crippen LogP contribution in [0.3, 0.4) is 0 Å². The number of fused-ring (bicyclic) bond motifs is 1. The number of hydrogen-bond donors (Lipinski definition) is 0. The SMILES string of the molecule is Cn1cc([C@H]2CCCN2C(=O)CN2C(=O)COc3ccccc32)cn1. The van der Waals surface area contributed by atoms with Gasteiger partial charge in [-0.25, -0.2) is 0 Å². The summed E-state index contributed by atoms with van der Waals surface area (Å²) in [4.78, 5) is 28.6. The number of ether oxygens (including phenoxy) is 1. The molecule has 1 saturated heterocycles. The molecule has 7 heteroatoms. The van der Waals surface area contributed by atoms with Crippen molar-refractivity contribution in [2.24, 2.45) is 7.05 Å². The third-order valence-electron chi connectivity index (χ3n) is 4.78. The summed E-state index contributed by atoms with van der Waals surface area (Å²) >= 11 is 0. The van der Waals surface area contributed by atoms with Crippen LogP contribution in [-0.4, -0.2) is 46.2 Å². The molecular formula is C18H20N4O3. The molecule has 0 N–H and O–H groups in total. The van der Waals surface area contributed by atoms with Gasteiger partial charge in [0, 0.05) is 25.4 Å². The molecule has 2 aliphatic heterocycles. The van der Waals surface area contributed by atoms with Crippen molar-refractivity contribution >= 4 is 17.5 Å². The van der Waals surface area contributed by atoms with Crippen molar-refractivity contribution in [1.29, 1.82) is 0 Å². The summed E-state index contributed by atoms with van der Waals surface area (Å²) in [5.74, 6) is 0.403. The number of carbonyl (C=O) groups is 2. The van der Waals surface area contributed by atoms with Gasteiger partial charge in [-0.3, -0.25) is 19.2 Å². The molecule has 2 aliphatic rings. The van der Waals surface area contributed by atoms with Crippen molar-refractivity contribution in [2.45, 2.75) is 18.9 Å². The second-order valence-electron chi connectivity index (χ2n) is 6.43. The molecule has 3 heterocycles. The number of carbonyl (C=O) groups excluding carboxylic acids is 2. The molecule has 2 aromatic rings. The molecule has 0 spiro atoms. The van der Waals surface area contributed by atoms with E-state index >= 15 is 0 Å². The third kappa shape index (κ3) is 2.86. The number of amides is 2. The van der Waals surface area contributed by atoms with E-state index in [9.17, 15) is 9.59 Å². The van der Waals surface area contributed by atoms with E-state index in [4.69, 9.17) is 4.74 Å². The molecule has 0 unspecified atom stereocenters.